The van der Waals surface area contributed by atoms with E-state index in [-0.39, 0.29) is 0 Å². The molecule has 122 valence electrons. The fourth-order valence-electron chi connectivity index (χ4n) is 3.48. The number of hydrogen-bond donors (Lipinski definition) is 1. The standard InChI is InChI=1S/C21H23N3/c1-2-24-21-19(10-6-7-15-22-21)20(23-24)18-13-11-17(12-14-18)16-8-4-3-5-9-16/h3-5,8-9,11-14,22H,2,6-7,10,15H2,1H3. The van der Waals surface area contributed by atoms with Gasteiger partial charge in [-0.3, -0.25) is 0 Å². The summed E-state index contributed by atoms with van der Waals surface area (Å²) in [7, 11) is 0. The second kappa shape index (κ2) is 6.52. The molecule has 0 saturated carbocycles. The highest BCUT2D eigenvalue weighted by molar-refractivity contribution is 5.73. The van der Waals surface area contributed by atoms with Crippen LogP contribution in [0, 0.1) is 0 Å². The average Bonchev–Trinajstić information content (AvgIpc) is 2.82. The number of rotatable bonds is 3. The highest BCUT2D eigenvalue weighted by Gasteiger charge is 2.20. The number of anilines is 1. The SMILES string of the molecule is CCn1nc(-c2ccc(-c3ccccc3)cc2)c2c1NCCCC2. The summed E-state index contributed by atoms with van der Waals surface area (Å²) in [5.74, 6) is 1.22. The summed E-state index contributed by atoms with van der Waals surface area (Å²) in [5, 5.41) is 8.45. The van der Waals surface area contributed by atoms with E-state index >= 15 is 0 Å². The van der Waals surface area contributed by atoms with Gasteiger partial charge < -0.3 is 5.32 Å². The minimum atomic E-state index is 0.900. The fourth-order valence-corrected chi connectivity index (χ4v) is 3.48. The first-order valence-electron chi connectivity index (χ1n) is 8.86. The molecule has 0 bridgehead atoms. The molecule has 0 unspecified atom stereocenters. The minimum Gasteiger partial charge on any atom is -0.370 e. The molecule has 1 aliphatic rings. The molecule has 2 aromatic carbocycles. The zero-order chi connectivity index (χ0) is 16.4. The van der Waals surface area contributed by atoms with Crippen LogP contribution < -0.4 is 5.32 Å². The molecule has 0 amide bonds. The molecule has 24 heavy (non-hydrogen) atoms. The Hall–Kier alpha value is -2.55. The summed E-state index contributed by atoms with van der Waals surface area (Å²) >= 11 is 0. The van der Waals surface area contributed by atoms with Crippen LogP contribution >= 0.6 is 0 Å². The third kappa shape index (κ3) is 2.71. The van der Waals surface area contributed by atoms with Crippen LogP contribution in [0.25, 0.3) is 22.4 Å². The first-order valence-corrected chi connectivity index (χ1v) is 8.86. The van der Waals surface area contributed by atoms with Crippen molar-refractivity contribution in [1.82, 2.24) is 9.78 Å². The van der Waals surface area contributed by atoms with Gasteiger partial charge in [-0.1, -0.05) is 54.6 Å². The highest BCUT2D eigenvalue weighted by atomic mass is 15.3. The van der Waals surface area contributed by atoms with Gasteiger partial charge in [0.1, 0.15) is 5.82 Å². The quantitative estimate of drug-likeness (QED) is 0.738. The molecule has 3 heteroatoms. The lowest BCUT2D eigenvalue weighted by Crippen LogP contribution is -2.07. The number of aryl methyl sites for hydroxylation is 1. The first kappa shape index (κ1) is 15.0. The lowest BCUT2D eigenvalue weighted by atomic mass is 10.00. The van der Waals surface area contributed by atoms with Gasteiger partial charge in [0.15, 0.2) is 0 Å². The van der Waals surface area contributed by atoms with Crippen LogP contribution in [0.5, 0.6) is 0 Å². The van der Waals surface area contributed by atoms with Crippen LogP contribution in [0.15, 0.2) is 54.6 Å². The van der Waals surface area contributed by atoms with Crippen LogP contribution in [0.3, 0.4) is 0 Å². The number of benzene rings is 2. The molecule has 2 heterocycles. The molecule has 0 atom stereocenters. The Morgan fingerprint density at radius 2 is 1.62 bits per heavy atom. The van der Waals surface area contributed by atoms with Crippen LogP contribution in [-0.2, 0) is 13.0 Å². The molecule has 1 aromatic heterocycles. The second-order valence-electron chi connectivity index (χ2n) is 6.32. The zero-order valence-electron chi connectivity index (χ0n) is 14.1. The first-order chi connectivity index (χ1) is 11.9. The van der Waals surface area contributed by atoms with E-state index in [1.807, 2.05) is 0 Å². The Morgan fingerprint density at radius 3 is 2.38 bits per heavy atom. The Kier molecular flexibility index (Phi) is 4.08. The van der Waals surface area contributed by atoms with Gasteiger partial charge in [-0.2, -0.15) is 5.10 Å². The molecule has 1 N–H and O–H groups in total. The van der Waals surface area contributed by atoms with Gasteiger partial charge in [0.25, 0.3) is 0 Å². The predicted molar refractivity (Wildman–Crippen MR) is 100 cm³/mol. The van der Waals surface area contributed by atoms with Crippen molar-refractivity contribution >= 4 is 5.82 Å². The maximum Gasteiger partial charge on any atom is 0.128 e. The lowest BCUT2D eigenvalue weighted by molar-refractivity contribution is 0.665. The lowest BCUT2D eigenvalue weighted by Gasteiger charge is -2.06. The van der Waals surface area contributed by atoms with Crippen molar-refractivity contribution in [3.63, 3.8) is 0 Å². The molecule has 0 aliphatic carbocycles. The molecule has 3 nitrogen and oxygen atoms in total. The largest absolute Gasteiger partial charge is 0.370 e. The molecule has 1 aliphatic heterocycles. The van der Waals surface area contributed by atoms with Crippen molar-refractivity contribution in [2.24, 2.45) is 0 Å². The monoisotopic (exact) mass is 317 g/mol. The summed E-state index contributed by atoms with van der Waals surface area (Å²) in [4.78, 5) is 0. The summed E-state index contributed by atoms with van der Waals surface area (Å²) in [6.07, 6.45) is 3.56. The number of aromatic nitrogens is 2. The Balaban J connectivity index is 1.73. The molecule has 0 saturated heterocycles. The van der Waals surface area contributed by atoms with Gasteiger partial charge in [0.2, 0.25) is 0 Å². The number of nitrogens with zero attached hydrogens (tertiary/aromatic N) is 2. The third-order valence-corrected chi connectivity index (χ3v) is 4.76. The van der Waals surface area contributed by atoms with E-state index < -0.39 is 0 Å². The van der Waals surface area contributed by atoms with E-state index in [1.54, 1.807) is 0 Å². The molecule has 0 spiro atoms. The van der Waals surface area contributed by atoms with Crippen LogP contribution in [-0.4, -0.2) is 16.3 Å². The van der Waals surface area contributed by atoms with E-state index in [2.05, 4.69) is 71.5 Å². The summed E-state index contributed by atoms with van der Waals surface area (Å²) in [6.45, 7) is 4.10. The Morgan fingerprint density at radius 1 is 0.917 bits per heavy atom. The zero-order valence-corrected chi connectivity index (χ0v) is 14.1. The van der Waals surface area contributed by atoms with Crippen molar-refractivity contribution in [2.45, 2.75) is 32.7 Å². The molecule has 0 radical (unpaired) electrons. The Bertz CT molecular complexity index is 816. The average molecular weight is 317 g/mol. The summed E-state index contributed by atoms with van der Waals surface area (Å²) < 4.78 is 2.11. The van der Waals surface area contributed by atoms with Gasteiger partial charge >= 0.3 is 0 Å². The number of hydrogen-bond acceptors (Lipinski definition) is 2. The molecular formula is C21H23N3. The van der Waals surface area contributed by atoms with Gasteiger partial charge in [0.05, 0.1) is 5.69 Å². The Labute approximate surface area is 143 Å². The fraction of sp³-hybridized carbons (Fsp3) is 0.286. The number of fused-ring (bicyclic) bond motifs is 1. The van der Waals surface area contributed by atoms with Crippen LogP contribution in [0.1, 0.15) is 25.3 Å². The van der Waals surface area contributed by atoms with Gasteiger partial charge in [0, 0.05) is 24.2 Å². The van der Waals surface area contributed by atoms with E-state index in [0.29, 0.717) is 0 Å². The number of nitrogens with one attached hydrogen (secondary N) is 1. The normalized spacial score (nSPS) is 13.9. The summed E-state index contributed by atoms with van der Waals surface area (Å²) in [6, 6.07) is 19.3. The van der Waals surface area contributed by atoms with Gasteiger partial charge in [-0.25, -0.2) is 4.68 Å². The molecular weight excluding hydrogens is 294 g/mol. The predicted octanol–water partition coefficient (Wildman–Crippen LogP) is 4.99. The molecule has 0 fully saturated rings. The van der Waals surface area contributed by atoms with E-state index in [0.717, 1.165) is 25.2 Å². The third-order valence-electron chi connectivity index (χ3n) is 4.76. The smallest absolute Gasteiger partial charge is 0.128 e. The van der Waals surface area contributed by atoms with Crippen molar-refractivity contribution in [1.29, 1.82) is 0 Å². The van der Waals surface area contributed by atoms with E-state index in [1.165, 1.54) is 40.9 Å². The summed E-state index contributed by atoms with van der Waals surface area (Å²) in [5.41, 5.74) is 6.23. The maximum atomic E-state index is 4.88. The second-order valence-corrected chi connectivity index (χ2v) is 6.32. The molecule has 3 aromatic rings. The van der Waals surface area contributed by atoms with E-state index in [4.69, 9.17) is 5.10 Å². The topological polar surface area (TPSA) is 29.9 Å². The van der Waals surface area contributed by atoms with Gasteiger partial charge in [-0.05, 0) is 37.3 Å². The van der Waals surface area contributed by atoms with Crippen molar-refractivity contribution in [2.75, 3.05) is 11.9 Å². The van der Waals surface area contributed by atoms with Crippen LogP contribution in [0.2, 0.25) is 0 Å². The van der Waals surface area contributed by atoms with E-state index in [9.17, 15) is 0 Å². The van der Waals surface area contributed by atoms with Crippen molar-refractivity contribution in [3.8, 4) is 22.4 Å². The van der Waals surface area contributed by atoms with Crippen molar-refractivity contribution < 1.29 is 0 Å². The highest BCUT2D eigenvalue weighted by Crippen LogP contribution is 2.33. The maximum absolute atomic E-state index is 4.88. The van der Waals surface area contributed by atoms with Crippen LogP contribution in [0.4, 0.5) is 5.82 Å². The minimum absolute atomic E-state index is 0.900. The molecule has 4 rings (SSSR count). The van der Waals surface area contributed by atoms with Gasteiger partial charge in [-0.15, -0.1) is 0 Å². The van der Waals surface area contributed by atoms with Crippen molar-refractivity contribution in [3.05, 3.63) is 60.2 Å².